The minimum atomic E-state index is -0.950. The second-order valence-corrected chi connectivity index (χ2v) is 6.06. The summed E-state index contributed by atoms with van der Waals surface area (Å²) < 4.78 is 5.39. The minimum absolute atomic E-state index is 0.138. The van der Waals surface area contributed by atoms with Crippen molar-refractivity contribution in [2.24, 2.45) is 0 Å². The molecule has 26 heavy (non-hydrogen) atoms. The van der Waals surface area contributed by atoms with Crippen molar-refractivity contribution in [2.45, 2.75) is 38.6 Å². The quantitative estimate of drug-likeness (QED) is 0.681. The zero-order valence-electron chi connectivity index (χ0n) is 15.0. The summed E-state index contributed by atoms with van der Waals surface area (Å²) >= 11 is 0. The maximum atomic E-state index is 12.2. The normalized spacial score (nSPS) is 11.6. The summed E-state index contributed by atoms with van der Waals surface area (Å²) in [6.45, 7) is 2.47. The van der Waals surface area contributed by atoms with Gasteiger partial charge in [-0.15, -0.1) is 0 Å². The summed E-state index contributed by atoms with van der Waals surface area (Å²) in [5, 5.41) is 12.0. The van der Waals surface area contributed by atoms with Crippen LogP contribution >= 0.6 is 0 Å². The van der Waals surface area contributed by atoms with E-state index in [1.807, 2.05) is 37.3 Å². The lowest BCUT2D eigenvalue weighted by Gasteiger charge is -2.18. The molecule has 0 bridgehead atoms. The molecule has 2 aromatic rings. The van der Waals surface area contributed by atoms with E-state index in [4.69, 9.17) is 9.84 Å². The fourth-order valence-electron chi connectivity index (χ4n) is 2.75. The van der Waals surface area contributed by atoms with Gasteiger partial charge in [0, 0.05) is 6.42 Å². The van der Waals surface area contributed by atoms with Crippen molar-refractivity contribution in [3.05, 3.63) is 65.7 Å². The largest absolute Gasteiger partial charge is 0.494 e. The molecule has 0 spiro atoms. The Bertz CT molecular complexity index is 698. The molecule has 1 amide bonds. The highest BCUT2D eigenvalue weighted by atomic mass is 16.5. The Hall–Kier alpha value is -2.82. The molecule has 0 aromatic heterocycles. The summed E-state index contributed by atoms with van der Waals surface area (Å²) in [4.78, 5) is 23.4. The predicted molar refractivity (Wildman–Crippen MR) is 100 cm³/mol. The molecule has 1 unspecified atom stereocenters. The first-order valence-electron chi connectivity index (χ1n) is 8.86. The number of carbonyl (C=O) groups excluding carboxylic acids is 1. The molecule has 5 nitrogen and oxygen atoms in total. The van der Waals surface area contributed by atoms with Crippen molar-refractivity contribution in [1.82, 2.24) is 5.32 Å². The fourth-order valence-corrected chi connectivity index (χ4v) is 2.75. The highest BCUT2D eigenvalue weighted by Crippen LogP contribution is 2.21. The first-order chi connectivity index (χ1) is 12.6. The molecule has 0 saturated carbocycles. The van der Waals surface area contributed by atoms with Crippen molar-refractivity contribution < 1.29 is 19.4 Å². The molecule has 2 rings (SSSR count). The zero-order valence-corrected chi connectivity index (χ0v) is 15.0. The number of aliphatic carboxylic acids is 1. The van der Waals surface area contributed by atoms with Gasteiger partial charge >= 0.3 is 5.97 Å². The second kappa shape index (κ2) is 10.2. The third-order valence-corrected chi connectivity index (χ3v) is 4.02. The Morgan fingerprint density at radius 1 is 1.08 bits per heavy atom. The van der Waals surface area contributed by atoms with E-state index in [-0.39, 0.29) is 12.3 Å². The van der Waals surface area contributed by atoms with Crippen LogP contribution in [0.1, 0.15) is 43.4 Å². The number of nitrogens with one attached hydrogen (secondary N) is 1. The van der Waals surface area contributed by atoms with E-state index in [2.05, 4.69) is 5.32 Å². The van der Waals surface area contributed by atoms with Crippen molar-refractivity contribution in [1.29, 1.82) is 0 Å². The summed E-state index contributed by atoms with van der Waals surface area (Å²) in [5.74, 6) is -0.367. The molecule has 1 atom stereocenters. The number of hydrogen-bond donors (Lipinski definition) is 2. The van der Waals surface area contributed by atoms with Gasteiger partial charge in [-0.05, 0) is 43.0 Å². The van der Waals surface area contributed by atoms with Crippen LogP contribution in [0.15, 0.2) is 54.6 Å². The molecule has 0 aliphatic carbocycles. The highest BCUT2D eigenvalue weighted by Gasteiger charge is 2.18. The molecule has 0 radical (unpaired) electrons. The Morgan fingerprint density at radius 2 is 1.77 bits per heavy atom. The van der Waals surface area contributed by atoms with Gasteiger partial charge in [0.2, 0.25) is 5.91 Å². The van der Waals surface area contributed by atoms with Crippen LogP contribution in [0.5, 0.6) is 5.75 Å². The van der Waals surface area contributed by atoms with Gasteiger partial charge in [-0.3, -0.25) is 9.59 Å². The third kappa shape index (κ3) is 6.59. The van der Waals surface area contributed by atoms with E-state index in [0.29, 0.717) is 13.0 Å². The molecule has 138 valence electrons. The molecule has 0 aliphatic heterocycles. The number of amides is 1. The van der Waals surface area contributed by atoms with Crippen LogP contribution in [0.3, 0.4) is 0 Å². The minimum Gasteiger partial charge on any atom is -0.494 e. The monoisotopic (exact) mass is 355 g/mol. The number of carboxylic acids is 1. The Balaban J connectivity index is 1.91. The summed E-state index contributed by atoms with van der Waals surface area (Å²) in [7, 11) is 0. The average Bonchev–Trinajstić information content (AvgIpc) is 2.63. The number of benzene rings is 2. The maximum absolute atomic E-state index is 12.2. The molecular formula is C21H25NO4. The van der Waals surface area contributed by atoms with Crippen LogP contribution in [0.4, 0.5) is 0 Å². The lowest BCUT2D eigenvalue weighted by Crippen LogP contribution is -2.30. The van der Waals surface area contributed by atoms with Gasteiger partial charge in [-0.2, -0.15) is 0 Å². The number of ether oxygens (including phenoxy) is 1. The van der Waals surface area contributed by atoms with Crippen molar-refractivity contribution in [3.8, 4) is 5.75 Å². The van der Waals surface area contributed by atoms with E-state index >= 15 is 0 Å². The summed E-state index contributed by atoms with van der Waals surface area (Å²) in [6, 6.07) is 16.6. The van der Waals surface area contributed by atoms with Crippen molar-refractivity contribution in [2.75, 3.05) is 6.61 Å². The maximum Gasteiger partial charge on any atom is 0.305 e. The SMILES string of the molecule is CCOc1ccc(C(CC(=O)O)NC(=O)CCCc2ccccc2)cc1. The van der Waals surface area contributed by atoms with Crippen LogP contribution in [-0.2, 0) is 16.0 Å². The Morgan fingerprint density at radius 3 is 2.38 bits per heavy atom. The van der Waals surface area contributed by atoms with Gasteiger partial charge in [0.25, 0.3) is 0 Å². The topological polar surface area (TPSA) is 75.6 Å². The van der Waals surface area contributed by atoms with Crippen molar-refractivity contribution in [3.63, 3.8) is 0 Å². The van der Waals surface area contributed by atoms with E-state index < -0.39 is 12.0 Å². The van der Waals surface area contributed by atoms with Gasteiger partial charge in [0.1, 0.15) is 5.75 Å². The van der Waals surface area contributed by atoms with Crippen LogP contribution in [-0.4, -0.2) is 23.6 Å². The fraction of sp³-hybridized carbons (Fsp3) is 0.333. The van der Waals surface area contributed by atoms with E-state index in [1.165, 1.54) is 5.56 Å². The molecule has 2 N–H and O–H groups in total. The molecule has 0 heterocycles. The van der Waals surface area contributed by atoms with Gasteiger partial charge in [0.15, 0.2) is 0 Å². The lowest BCUT2D eigenvalue weighted by atomic mass is 10.0. The number of carboxylic acid groups (broad SMARTS) is 1. The van der Waals surface area contributed by atoms with E-state index in [1.54, 1.807) is 24.3 Å². The van der Waals surface area contributed by atoms with Gasteiger partial charge in [-0.1, -0.05) is 42.5 Å². The molecule has 5 heteroatoms. The number of rotatable bonds is 10. The van der Waals surface area contributed by atoms with Crippen LogP contribution in [0.2, 0.25) is 0 Å². The third-order valence-electron chi connectivity index (χ3n) is 4.02. The molecule has 2 aromatic carbocycles. The smallest absolute Gasteiger partial charge is 0.305 e. The van der Waals surface area contributed by atoms with Crippen LogP contribution < -0.4 is 10.1 Å². The zero-order chi connectivity index (χ0) is 18.8. The number of aryl methyl sites for hydroxylation is 1. The number of carbonyl (C=O) groups is 2. The first kappa shape index (κ1) is 19.5. The van der Waals surface area contributed by atoms with E-state index in [9.17, 15) is 9.59 Å². The van der Waals surface area contributed by atoms with Crippen LogP contribution in [0.25, 0.3) is 0 Å². The second-order valence-electron chi connectivity index (χ2n) is 6.06. The molecule has 0 aliphatic rings. The molecular weight excluding hydrogens is 330 g/mol. The summed E-state index contributed by atoms with van der Waals surface area (Å²) in [5.41, 5.74) is 1.95. The lowest BCUT2D eigenvalue weighted by molar-refractivity contribution is -0.137. The van der Waals surface area contributed by atoms with Gasteiger partial charge in [-0.25, -0.2) is 0 Å². The van der Waals surface area contributed by atoms with E-state index in [0.717, 1.165) is 24.2 Å². The van der Waals surface area contributed by atoms with Crippen LogP contribution in [0, 0.1) is 0 Å². The Labute approximate surface area is 154 Å². The van der Waals surface area contributed by atoms with Gasteiger partial charge < -0.3 is 15.2 Å². The highest BCUT2D eigenvalue weighted by molar-refractivity contribution is 5.77. The first-order valence-corrected chi connectivity index (χ1v) is 8.86. The molecule has 0 saturated heterocycles. The standard InChI is InChI=1S/C21H25NO4/c1-2-26-18-13-11-17(12-14-18)19(15-21(24)25)22-20(23)10-6-9-16-7-4-3-5-8-16/h3-5,7-8,11-14,19H,2,6,9-10,15H2,1H3,(H,22,23)(H,24,25). The number of hydrogen-bond acceptors (Lipinski definition) is 3. The predicted octanol–water partition coefficient (Wildman–Crippen LogP) is 3.74. The molecule has 0 fully saturated rings. The van der Waals surface area contributed by atoms with Crippen molar-refractivity contribution >= 4 is 11.9 Å². The average molecular weight is 355 g/mol. The van der Waals surface area contributed by atoms with Gasteiger partial charge in [0.05, 0.1) is 19.1 Å². The summed E-state index contributed by atoms with van der Waals surface area (Å²) in [6.07, 6.45) is 1.75. The Kier molecular flexibility index (Phi) is 7.68.